The predicted octanol–water partition coefficient (Wildman–Crippen LogP) is 4.14. The van der Waals surface area contributed by atoms with E-state index in [0.717, 1.165) is 23.0 Å². The molecule has 21 heavy (non-hydrogen) atoms. The number of benzene rings is 1. The van der Waals surface area contributed by atoms with Gasteiger partial charge in [-0.3, -0.25) is 0 Å². The second-order valence-electron chi connectivity index (χ2n) is 5.01. The number of nitrogens with zero attached hydrogens (tertiary/aromatic N) is 3. The molecule has 0 radical (unpaired) electrons. The minimum Gasteiger partial charge on any atom is -0.347 e. The zero-order valence-corrected chi connectivity index (χ0v) is 12.7. The lowest BCUT2D eigenvalue weighted by molar-refractivity contribution is 0.436. The van der Waals surface area contributed by atoms with E-state index in [4.69, 9.17) is 11.6 Å². The van der Waals surface area contributed by atoms with Crippen LogP contribution in [0.25, 0.3) is 0 Å². The number of fused-ring (bicyclic) bond motifs is 1. The fourth-order valence-electron chi connectivity index (χ4n) is 2.80. The number of hydrogen-bond donors (Lipinski definition) is 1. The molecule has 1 aromatic carbocycles. The first-order chi connectivity index (χ1) is 10.3. The molecule has 1 aliphatic heterocycles. The highest BCUT2D eigenvalue weighted by molar-refractivity contribution is 7.10. The number of thiophene rings is 1. The Bertz CT molecular complexity index is 753. The summed E-state index contributed by atoms with van der Waals surface area (Å²) in [5.41, 5.74) is 1.11. The lowest BCUT2D eigenvalue weighted by Gasteiger charge is -2.31. The van der Waals surface area contributed by atoms with Gasteiger partial charge in [0.1, 0.15) is 6.33 Å². The lowest BCUT2D eigenvalue weighted by atomic mass is 9.97. The van der Waals surface area contributed by atoms with Gasteiger partial charge in [-0.1, -0.05) is 35.9 Å². The van der Waals surface area contributed by atoms with Crippen LogP contribution < -0.4 is 5.32 Å². The average molecular weight is 317 g/mol. The van der Waals surface area contributed by atoms with Gasteiger partial charge in [0, 0.05) is 9.90 Å². The van der Waals surface area contributed by atoms with Crippen LogP contribution in [0.4, 0.5) is 5.95 Å². The van der Waals surface area contributed by atoms with Crippen LogP contribution in [0.3, 0.4) is 0 Å². The van der Waals surface area contributed by atoms with Gasteiger partial charge >= 0.3 is 0 Å². The molecule has 0 fully saturated rings. The Morgan fingerprint density at radius 2 is 2.14 bits per heavy atom. The summed E-state index contributed by atoms with van der Waals surface area (Å²) in [6, 6.07) is 12.5. The quantitative estimate of drug-likeness (QED) is 0.772. The van der Waals surface area contributed by atoms with E-state index >= 15 is 0 Å². The van der Waals surface area contributed by atoms with E-state index in [0.29, 0.717) is 0 Å². The smallest absolute Gasteiger partial charge is 0.222 e. The van der Waals surface area contributed by atoms with Gasteiger partial charge in [-0.2, -0.15) is 10.1 Å². The van der Waals surface area contributed by atoms with E-state index in [-0.39, 0.29) is 12.1 Å². The van der Waals surface area contributed by atoms with Crippen molar-refractivity contribution < 1.29 is 0 Å². The largest absolute Gasteiger partial charge is 0.347 e. The molecular weight excluding hydrogens is 304 g/mol. The van der Waals surface area contributed by atoms with E-state index in [9.17, 15) is 0 Å². The summed E-state index contributed by atoms with van der Waals surface area (Å²) in [4.78, 5) is 5.62. The molecule has 6 heteroatoms. The Labute approximate surface area is 131 Å². The summed E-state index contributed by atoms with van der Waals surface area (Å²) < 4.78 is 1.96. The fraction of sp³-hybridized carbons (Fsp3) is 0.200. The second-order valence-corrected chi connectivity index (χ2v) is 6.40. The number of halogens is 1. The Morgan fingerprint density at radius 1 is 1.24 bits per heavy atom. The van der Waals surface area contributed by atoms with Gasteiger partial charge in [0.15, 0.2) is 0 Å². The number of hydrogen-bond acceptors (Lipinski definition) is 4. The molecule has 3 heterocycles. The molecule has 4 nitrogen and oxygen atoms in total. The molecule has 0 amide bonds. The Morgan fingerprint density at radius 3 is 2.95 bits per heavy atom. The highest BCUT2D eigenvalue weighted by atomic mass is 35.5. The van der Waals surface area contributed by atoms with Crippen LogP contribution in [0.2, 0.25) is 5.02 Å². The number of aromatic nitrogens is 3. The molecule has 0 saturated carbocycles. The zero-order valence-electron chi connectivity index (χ0n) is 11.1. The van der Waals surface area contributed by atoms with E-state index in [1.54, 1.807) is 17.7 Å². The van der Waals surface area contributed by atoms with Crippen molar-refractivity contribution in [1.82, 2.24) is 14.8 Å². The maximum Gasteiger partial charge on any atom is 0.222 e. The molecule has 1 aliphatic rings. The predicted molar refractivity (Wildman–Crippen MR) is 84.9 cm³/mol. The summed E-state index contributed by atoms with van der Waals surface area (Å²) in [7, 11) is 0. The van der Waals surface area contributed by atoms with Crippen molar-refractivity contribution in [3.05, 3.63) is 63.6 Å². The maximum atomic E-state index is 6.35. The number of rotatable bonds is 2. The summed E-state index contributed by atoms with van der Waals surface area (Å²) >= 11 is 8.10. The highest BCUT2D eigenvalue weighted by Gasteiger charge is 2.31. The van der Waals surface area contributed by atoms with Crippen LogP contribution in [0, 0.1) is 0 Å². The van der Waals surface area contributed by atoms with Crippen molar-refractivity contribution >= 4 is 28.9 Å². The standard InChI is InChI=1S/C15H13ClN4S/c16-11-5-2-1-4-10(11)12-8-13(14-6-3-7-21-14)20-15(19-12)17-9-18-20/h1-7,9,12-13H,8H2,(H,17,18,19)/t12-,13+/m1/s1. The third-order valence-electron chi connectivity index (χ3n) is 3.78. The van der Waals surface area contributed by atoms with Gasteiger partial charge in [0.25, 0.3) is 0 Å². The van der Waals surface area contributed by atoms with Gasteiger partial charge < -0.3 is 5.32 Å². The van der Waals surface area contributed by atoms with Gasteiger partial charge in [0.05, 0.1) is 12.1 Å². The molecule has 0 bridgehead atoms. The van der Waals surface area contributed by atoms with Crippen LogP contribution in [0.5, 0.6) is 0 Å². The zero-order chi connectivity index (χ0) is 14.2. The first kappa shape index (κ1) is 12.9. The van der Waals surface area contributed by atoms with Gasteiger partial charge in [-0.15, -0.1) is 11.3 Å². The van der Waals surface area contributed by atoms with E-state index < -0.39 is 0 Å². The molecule has 2 atom stereocenters. The van der Waals surface area contributed by atoms with Crippen LogP contribution in [-0.4, -0.2) is 14.8 Å². The summed E-state index contributed by atoms with van der Waals surface area (Å²) in [5, 5.41) is 10.7. The Kier molecular flexibility index (Phi) is 3.16. The summed E-state index contributed by atoms with van der Waals surface area (Å²) in [6.07, 6.45) is 2.50. The number of nitrogens with one attached hydrogen (secondary N) is 1. The minimum absolute atomic E-state index is 0.141. The first-order valence-electron chi connectivity index (χ1n) is 6.77. The van der Waals surface area contributed by atoms with Gasteiger partial charge in [0.2, 0.25) is 5.95 Å². The van der Waals surface area contributed by atoms with Gasteiger partial charge in [-0.25, -0.2) is 4.68 Å². The molecule has 0 saturated heterocycles. The highest BCUT2D eigenvalue weighted by Crippen LogP contribution is 2.40. The van der Waals surface area contributed by atoms with E-state index in [1.807, 2.05) is 22.9 Å². The summed E-state index contributed by atoms with van der Waals surface area (Å²) in [5.74, 6) is 0.796. The molecule has 2 aromatic heterocycles. The molecule has 3 aromatic rings. The summed E-state index contributed by atoms with van der Waals surface area (Å²) in [6.45, 7) is 0. The van der Waals surface area contributed by atoms with E-state index in [1.165, 1.54) is 4.88 Å². The third-order valence-corrected chi connectivity index (χ3v) is 5.10. The molecule has 0 aliphatic carbocycles. The van der Waals surface area contributed by atoms with Crippen molar-refractivity contribution in [1.29, 1.82) is 0 Å². The Hall–Kier alpha value is -1.85. The maximum absolute atomic E-state index is 6.35. The minimum atomic E-state index is 0.141. The van der Waals surface area contributed by atoms with Crippen LogP contribution >= 0.6 is 22.9 Å². The van der Waals surface area contributed by atoms with Crippen molar-refractivity contribution in [2.45, 2.75) is 18.5 Å². The van der Waals surface area contributed by atoms with Crippen LogP contribution in [0.1, 0.15) is 28.9 Å². The van der Waals surface area contributed by atoms with Crippen molar-refractivity contribution in [3.63, 3.8) is 0 Å². The lowest BCUT2D eigenvalue weighted by Crippen LogP contribution is -2.27. The van der Waals surface area contributed by atoms with Crippen molar-refractivity contribution in [2.75, 3.05) is 5.32 Å². The molecular formula is C15H13ClN4S. The second kappa shape index (κ2) is 5.16. The molecule has 0 spiro atoms. The first-order valence-corrected chi connectivity index (χ1v) is 8.02. The monoisotopic (exact) mass is 316 g/mol. The molecule has 4 rings (SSSR count). The normalized spacial score (nSPS) is 20.8. The number of anilines is 1. The average Bonchev–Trinajstić information content (AvgIpc) is 3.18. The SMILES string of the molecule is Clc1ccccc1[C@H]1C[C@@H](c2cccs2)n2ncnc2N1. The molecule has 1 N–H and O–H groups in total. The third kappa shape index (κ3) is 2.22. The van der Waals surface area contributed by atoms with Crippen LogP contribution in [0.15, 0.2) is 48.1 Å². The fourth-order valence-corrected chi connectivity index (χ4v) is 3.89. The topological polar surface area (TPSA) is 42.7 Å². The Balaban J connectivity index is 1.76. The van der Waals surface area contributed by atoms with Crippen molar-refractivity contribution in [2.24, 2.45) is 0 Å². The van der Waals surface area contributed by atoms with Crippen molar-refractivity contribution in [3.8, 4) is 0 Å². The van der Waals surface area contributed by atoms with Crippen LogP contribution in [-0.2, 0) is 0 Å². The van der Waals surface area contributed by atoms with E-state index in [2.05, 4.69) is 39.0 Å². The molecule has 106 valence electrons. The molecule has 0 unspecified atom stereocenters. The van der Waals surface area contributed by atoms with Gasteiger partial charge in [-0.05, 0) is 29.5 Å².